The van der Waals surface area contributed by atoms with Crippen molar-refractivity contribution in [3.63, 3.8) is 0 Å². The molecule has 0 aliphatic rings. The summed E-state index contributed by atoms with van der Waals surface area (Å²) in [7, 11) is -3.32. The number of nitrogens with zero attached hydrogens (tertiary/aromatic N) is 3. The molecule has 7 nitrogen and oxygen atoms in total. The van der Waals surface area contributed by atoms with Gasteiger partial charge in [-0.25, -0.2) is 13.1 Å². The van der Waals surface area contributed by atoms with Crippen molar-refractivity contribution in [2.75, 3.05) is 6.26 Å². The molecule has 2 aromatic carbocycles. The smallest absolute Gasteiger partial charge is 0.309 e. The summed E-state index contributed by atoms with van der Waals surface area (Å²) in [6.45, 7) is 1.30. The van der Waals surface area contributed by atoms with Crippen LogP contribution in [0.4, 0.5) is 0 Å². The fraction of sp³-hybridized carbons (Fsp3) is 0.0870. The van der Waals surface area contributed by atoms with E-state index in [2.05, 4.69) is 10.1 Å². The van der Waals surface area contributed by atoms with Crippen LogP contribution >= 0.6 is 11.6 Å². The first-order valence-corrected chi connectivity index (χ1v) is 11.8. The van der Waals surface area contributed by atoms with Crippen LogP contribution in [0.2, 0.25) is 5.02 Å². The number of hydrogen-bond acceptors (Lipinski definition) is 6. The van der Waals surface area contributed by atoms with Crippen molar-refractivity contribution in [1.82, 2.24) is 14.8 Å². The van der Waals surface area contributed by atoms with Crippen molar-refractivity contribution in [3.8, 4) is 34.1 Å². The van der Waals surface area contributed by atoms with E-state index in [1.165, 1.54) is 13.2 Å². The van der Waals surface area contributed by atoms with Crippen LogP contribution in [0.25, 0.3) is 28.2 Å². The molecule has 4 aromatic rings. The monoisotopic (exact) mass is 467 g/mol. The Morgan fingerprint density at radius 1 is 1.00 bits per heavy atom. The summed E-state index contributed by atoms with van der Waals surface area (Å²) in [4.78, 5) is 16.2. The Morgan fingerprint density at radius 3 is 2.44 bits per heavy atom. The lowest BCUT2D eigenvalue weighted by atomic mass is 10.1. The van der Waals surface area contributed by atoms with Crippen molar-refractivity contribution in [1.29, 1.82) is 0 Å². The molecule has 162 valence electrons. The molecule has 0 unspecified atom stereocenters. The van der Waals surface area contributed by atoms with Crippen LogP contribution in [0.3, 0.4) is 0 Å². The van der Waals surface area contributed by atoms with Crippen LogP contribution in [0.15, 0.2) is 77.8 Å². The minimum atomic E-state index is -3.32. The average Bonchev–Trinajstić information content (AvgIpc) is 3.16. The Hall–Kier alpha value is -3.49. The van der Waals surface area contributed by atoms with Gasteiger partial charge >= 0.3 is 5.97 Å². The highest BCUT2D eigenvalue weighted by Crippen LogP contribution is 2.30. The maximum Gasteiger partial charge on any atom is 0.309 e. The maximum atomic E-state index is 11.9. The lowest BCUT2D eigenvalue weighted by Gasteiger charge is -2.09. The number of rotatable bonds is 5. The molecule has 0 atom stereocenters. The maximum absolute atomic E-state index is 11.9. The second kappa shape index (κ2) is 8.57. The molecule has 0 amide bonds. The SMILES string of the molecule is CC(=O)Oc1cc(-c2ccc(-c3cccc(S(C)(=O)=O)c3)cn2)n(-c2ccccc2Cl)n1. The number of para-hydroxylation sites is 1. The van der Waals surface area contributed by atoms with Crippen LogP contribution in [-0.2, 0) is 14.6 Å². The minimum absolute atomic E-state index is 0.124. The number of hydrogen-bond donors (Lipinski definition) is 0. The Kier molecular flexibility index (Phi) is 5.82. The van der Waals surface area contributed by atoms with Gasteiger partial charge in [0, 0.05) is 31.0 Å². The van der Waals surface area contributed by atoms with Gasteiger partial charge in [-0.1, -0.05) is 41.9 Å². The number of pyridine rings is 1. The van der Waals surface area contributed by atoms with Gasteiger partial charge in [-0.3, -0.25) is 9.78 Å². The van der Waals surface area contributed by atoms with Crippen LogP contribution in [-0.4, -0.2) is 35.4 Å². The van der Waals surface area contributed by atoms with Gasteiger partial charge in [0.05, 0.1) is 27.0 Å². The van der Waals surface area contributed by atoms with Gasteiger partial charge in [-0.2, -0.15) is 0 Å². The van der Waals surface area contributed by atoms with Crippen LogP contribution in [0.5, 0.6) is 5.88 Å². The van der Waals surface area contributed by atoms with Gasteiger partial charge in [0.1, 0.15) is 0 Å². The Labute approximate surface area is 190 Å². The highest BCUT2D eigenvalue weighted by atomic mass is 35.5. The van der Waals surface area contributed by atoms with E-state index in [0.717, 1.165) is 11.1 Å². The molecule has 0 aliphatic heterocycles. The summed E-state index contributed by atoms with van der Waals surface area (Å²) in [6.07, 6.45) is 2.82. The molecule has 0 fully saturated rings. The highest BCUT2D eigenvalue weighted by molar-refractivity contribution is 7.90. The molecule has 0 saturated heterocycles. The second-order valence-corrected chi connectivity index (χ2v) is 9.48. The van der Waals surface area contributed by atoms with Crippen molar-refractivity contribution in [2.45, 2.75) is 11.8 Å². The normalized spacial score (nSPS) is 11.3. The molecule has 0 bridgehead atoms. The summed E-state index contributed by atoms with van der Waals surface area (Å²) in [6, 6.07) is 19.1. The number of sulfone groups is 1. The molecule has 32 heavy (non-hydrogen) atoms. The number of benzene rings is 2. The summed E-state index contributed by atoms with van der Waals surface area (Å²) >= 11 is 6.35. The fourth-order valence-electron chi connectivity index (χ4n) is 3.17. The zero-order chi connectivity index (χ0) is 22.9. The Morgan fingerprint density at radius 2 is 1.78 bits per heavy atom. The zero-order valence-electron chi connectivity index (χ0n) is 17.2. The number of carbonyl (C=O) groups excluding carboxylic acids is 1. The lowest BCUT2D eigenvalue weighted by Crippen LogP contribution is -2.04. The summed E-state index contributed by atoms with van der Waals surface area (Å²) < 4.78 is 30.4. The number of ether oxygens (including phenoxy) is 1. The van der Waals surface area contributed by atoms with Gasteiger partial charge < -0.3 is 4.74 Å². The molecule has 4 rings (SSSR count). The van der Waals surface area contributed by atoms with Gasteiger partial charge in [0.15, 0.2) is 9.84 Å². The van der Waals surface area contributed by atoms with Gasteiger partial charge in [-0.05, 0) is 35.9 Å². The van der Waals surface area contributed by atoms with E-state index in [4.69, 9.17) is 16.3 Å². The topological polar surface area (TPSA) is 91.2 Å². The third kappa shape index (κ3) is 4.56. The van der Waals surface area contributed by atoms with E-state index in [1.54, 1.807) is 59.4 Å². The highest BCUT2D eigenvalue weighted by Gasteiger charge is 2.17. The summed E-state index contributed by atoms with van der Waals surface area (Å²) in [5, 5.41) is 4.83. The van der Waals surface area contributed by atoms with E-state index < -0.39 is 15.8 Å². The molecule has 0 N–H and O–H groups in total. The quantitative estimate of drug-likeness (QED) is 0.399. The van der Waals surface area contributed by atoms with Crippen molar-refractivity contribution in [2.24, 2.45) is 0 Å². The average molecular weight is 468 g/mol. The van der Waals surface area contributed by atoms with E-state index in [9.17, 15) is 13.2 Å². The molecule has 2 aromatic heterocycles. The summed E-state index contributed by atoms with van der Waals surface area (Å²) in [5.41, 5.74) is 3.23. The standard InChI is InChI=1S/C23H18ClN3O4S/c1-15(28)31-23-13-22(27(26-23)21-9-4-3-8-19(21)24)20-11-10-17(14-25-20)16-6-5-7-18(12-16)32(2,29)30/h3-14H,1-2H3. The van der Waals surface area contributed by atoms with Crippen molar-refractivity contribution in [3.05, 3.63) is 77.9 Å². The second-order valence-electron chi connectivity index (χ2n) is 7.06. The van der Waals surface area contributed by atoms with Crippen molar-refractivity contribution < 1.29 is 17.9 Å². The van der Waals surface area contributed by atoms with E-state index in [1.807, 2.05) is 18.2 Å². The molecular weight excluding hydrogens is 450 g/mol. The predicted octanol–water partition coefficient (Wildman–Crippen LogP) is 4.58. The van der Waals surface area contributed by atoms with E-state index in [-0.39, 0.29) is 10.8 Å². The zero-order valence-corrected chi connectivity index (χ0v) is 18.8. The number of halogens is 1. The van der Waals surface area contributed by atoms with Crippen LogP contribution in [0, 0.1) is 0 Å². The minimum Gasteiger partial charge on any atom is -0.406 e. The molecule has 9 heteroatoms. The third-order valence-electron chi connectivity index (χ3n) is 4.64. The van der Waals surface area contributed by atoms with Gasteiger partial charge in [0.2, 0.25) is 5.88 Å². The molecule has 0 spiro atoms. The van der Waals surface area contributed by atoms with E-state index in [0.29, 0.717) is 22.1 Å². The van der Waals surface area contributed by atoms with Gasteiger partial charge in [0.25, 0.3) is 0 Å². The number of aromatic nitrogens is 3. The lowest BCUT2D eigenvalue weighted by molar-refractivity contribution is -0.132. The molecular formula is C23H18ClN3O4S. The summed E-state index contributed by atoms with van der Waals surface area (Å²) in [5.74, 6) is -0.367. The molecule has 0 aliphatic carbocycles. The predicted molar refractivity (Wildman–Crippen MR) is 122 cm³/mol. The number of carbonyl (C=O) groups is 1. The largest absolute Gasteiger partial charge is 0.406 e. The Balaban J connectivity index is 1.77. The third-order valence-corrected chi connectivity index (χ3v) is 6.07. The fourth-order valence-corrected chi connectivity index (χ4v) is 4.05. The first-order valence-electron chi connectivity index (χ1n) is 9.53. The first kappa shape index (κ1) is 21.7. The molecule has 2 heterocycles. The van der Waals surface area contributed by atoms with Gasteiger partial charge in [-0.15, -0.1) is 5.10 Å². The van der Waals surface area contributed by atoms with Crippen LogP contribution < -0.4 is 4.74 Å². The number of esters is 1. The van der Waals surface area contributed by atoms with E-state index >= 15 is 0 Å². The van der Waals surface area contributed by atoms with Crippen molar-refractivity contribution >= 4 is 27.4 Å². The first-order chi connectivity index (χ1) is 15.2. The molecule has 0 radical (unpaired) electrons. The van der Waals surface area contributed by atoms with Crippen LogP contribution in [0.1, 0.15) is 6.92 Å². The molecule has 0 saturated carbocycles. The Bertz CT molecular complexity index is 1410.